The van der Waals surface area contributed by atoms with E-state index in [0.717, 1.165) is 22.3 Å². The molecule has 0 fully saturated rings. The van der Waals surface area contributed by atoms with Crippen molar-refractivity contribution < 1.29 is 4.74 Å². The van der Waals surface area contributed by atoms with Crippen molar-refractivity contribution in [3.05, 3.63) is 30.5 Å². The molecule has 1 atom stereocenters. The maximum atomic E-state index is 5.80. The number of nitrogens with one attached hydrogen (secondary N) is 1. The molecule has 0 aliphatic rings. The lowest BCUT2D eigenvalue weighted by atomic mass is 10.1. The zero-order valence-corrected chi connectivity index (χ0v) is 10.7. The van der Waals surface area contributed by atoms with Crippen LogP contribution in [0, 0.1) is 0 Å². The van der Waals surface area contributed by atoms with Crippen molar-refractivity contribution >= 4 is 28.2 Å². The Morgan fingerprint density at radius 1 is 1.35 bits per heavy atom. The third-order valence-corrected chi connectivity index (χ3v) is 3.06. The highest BCUT2D eigenvalue weighted by molar-refractivity contribution is 6.18. The van der Waals surface area contributed by atoms with Gasteiger partial charge in [-0.3, -0.25) is 0 Å². The van der Waals surface area contributed by atoms with Crippen LogP contribution in [0.1, 0.15) is 6.92 Å². The minimum atomic E-state index is 0.181. The van der Waals surface area contributed by atoms with E-state index in [2.05, 4.69) is 10.3 Å². The first-order chi connectivity index (χ1) is 8.26. The van der Waals surface area contributed by atoms with Crippen molar-refractivity contribution in [2.24, 2.45) is 0 Å². The fourth-order valence-corrected chi connectivity index (χ4v) is 1.82. The summed E-state index contributed by atoms with van der Waals surface area (Å²) in [5.74, 6) is 2.24. The Kier molecular flexibility index (Phi) is 3.69. The van der Waals surface area contributed by atoms with Crippen molar-refractivity contribution in [2.75, 3.05) is 18.3 Å². The van der Waals surface area contributed by atoms with Crippen LogP contribution >= 0.6 is 11.6 Å². The molecule has 0 saturated carbocycles. The summed E-state index contributed by atoms with van der Waals surface area (Å²) in [7, 11) is 1.67. The van der Waals surface area contributed by atoms with Gasteiger partial charge in [-0.15, -0.1) is 11.6 Å². The highest BCUT2D eigenvalue weighted by Gasteiger charge is 2.08. The number of alkyl halides is 1. The monoisotopic (exact) mass is 250 g/mol. The second-order valence-electron chi connectivity index (χ2n) is 3.91. The van der Waals surface area contributed by atoms with E-state index in [1.807, 2.05) is 31.2 Å². The highest BCUT2D eigenvalue weighted by atomic mass is 35.5. The van der Waals surface area contributed by atoms with Crippen LogP contribution in [0.5, 0.6) is 5.75 Å². The first kappa shape index (κ1) is 12.0. The van der Waals surface area contributed by atoms with Gasteiger partial charge in [-0.2, -0.15) is 0 Å². The Hall–Kier alpha value is -1.48. The number of hydrogen-bond acceptors (Lipinski definition) is 3. The van der Waals surface area contributed by atoms with Crippen LogP contribution in [0.15, 0.2) is 30.5 Å². The molecule has 1 unspecified atom stereocenters. The van der Waals surface area contributed by atoms with Gasteiger partial charge in [0, 0.05) is 28.9 Å². The number of fused-ring (bicyclic) bond motifs is 1. The average molecular weight is 251 g/mol. The summed E-state index contributed by atoms with van der Waals surface area (Å²) >= 11 is 5.80. The van der Waals surface area contributed by atoms with Gasteiger partial charge in [-0.05, 0) is 19.1 Å². The van der Waals surface area contributed by atoms with Gasteiger partial charge >= 0.3 is 0 Å². The van der Waals surface area contributed by atoms with Crippen molar-refractivity contribution in [1.29, 1.82) is 0 Å². The Morgan fingerprint density at radius 3 is 2.88 bits per heavy atom. The lowest BCUT2D eigenvalue weighted by Crippen LogP contribution is -2.17. The van der Waals surface area contributed by atoms with Gasteiger partial charge in [0.15, 0.2) is 0 Å². The number of anilines is 1. The van der Waals surface area contributed by atoms with Gasteiger partial charge in [0.2, 0.25) is 0 Å². The normalized spacial score (nSPS) is 12.4. The summed E-state index contributed by atoms with van der Waals surface area (Å²) in [4.78, 5) is 4.34. The third kappa shape index (κ3) is 2.44. The predicted molar refractivity (Wildman–Crippen MR) is 72.1 cm³/mol. The van der Waals surface area contributed by atoms with Crippen LogP contribution < -0.4 is 10.1 Å². The Morgan fingerprint density at radius 2 is 2.18 bits per heavy atom. The molecule has 0 aliphatic heterocycles. The Bertz CT molecular complexity index is 516. The van der Waals surface area contributed by atoms with Crippen LogP contribution in [0.4, 0.5) is 5.82 Å². The Balaban J connectivity index is 2.50. The fraction of sp³-hybridized carbons (Fsp3) is 0.308. The van der Waals surface area contributed by atoms with E-state index in [1.54, 1.807) is 13.3 Å². The van der Waals surface area contributed by atoms with E-state index >= 15 is 0 Å². The minimum Gasteiger partial charge on any atom is -0.496 e. The van der Waals surface area contributed by atoms with Crippen LogP contribution in [0.2, 0.25) is 0 Å². The smallest absolute Gasteiger partial charge is 0.134 e. The molecule has 3 nitrogen and oxygen atoms in total. The van der Waals surface area contributed by atoms with Crippen LogP contribution in [-0.2, 0) is 0 Å². The van der Waals surface area contributed by atoms with E-state index in [9.17, 15) is 0 Å². The van der Waals surface area contributed by atoms with Gasteiger partial charge in [0.05, 0.1) is 7.11 Å². The van der Waals surface area contributed by atoms with Gasteiger partial charge in [0.25, 0.3) is 0 Å². The number of methoxy groups -OCH3 is 1. The summed E-state index contributed by atoms with van der Waals surface area (Å²) in [6.07, 6.45) is 1.77. The van der Waals surface area contributed by atoms with Crippen LogP contribution in [0.3, 0.4) is 0 Å². The number of halogens is 1. The summed E-state index contributed by atoms with van der Waals surface area (Å²) in [6.45, 7) is 2.02. The number of aromatic nitrogens is 1. The van der Waals surface area contributed by atoms with E-state index in [1.165, 1.54) is 0 Å². The molecule has 1 aromatic carbocycles. The molecule has 2 aromatic rings. The van der Waals surface area contributed by atoms with E-state index in [0.29, 0.717) is 5.88 Å². The average Bonchev–Trinajstić information content (AvgIpc) is 2.38. The van der Waals surface area contributed by atoms with Crippen molar-refractivity contribution in [1.82, 2.24) is 4.98 Å². The molecule has 0 radical (unpaired) electrons. The molecule has 0 amide bonds. The number of hydrogen-bond donors (Lipinski definition) is 1. The van der Waals surface area contributed by atoms with E-state index < -0.39 is 0 Å². The summed E-state index contributed by atoms with van der Waals surface area (Å²) in [5.41, 5.74) is 0. The van der Waals surface area contributed by atoms with Crippen molar-refractivity contribution in [3.8, 4) is 5.75 Å². The van der Waals surface area contributed by atoms with Gasteiger partial charge in [-0.25, -0.2) is 4.98 Å². The quantitative estimate of drug-likeness (QED) is 0.846. The minimum absolute atomic E-state index is 0.181. The zero-order chi connectivity index (χ0) is 12.3. The van der Waals surface area contributed by atoms with Gasteiger partial charge < -0.3 is 10.1 Å². The second-order valence-corrected chi connectivity index (χ2v) is 4.22. The fourth-order valence-electron chi connectivity index (χ4n) is 1.74. The molecular formula is C13H15ClN2O. The highest BCUT2D eigenvalue weighted by Crippen LogP contribution is 2.29. The number of rotatable bonds is 4. The molecule has 1 aromatic heterocycles. The van der Waals surface area contributed by atoms with Crippen LogP contribution in [0.25, 0.3) is 10.8 Å². The van der Waals surface area contributed by atoms with E-state index in [-0.39, 0.29) is 6.04 Å². The maximum absolute atomic E-state index is 5.80. The predicted octanol–water partition coefficient (Wildman–Crippen LogP) is 3.28. The topological polar surface area (TPSA) is 34.1 Å². The molecule has 1 N–H and O–H groups in total. The summed E-state index contributed by atoms with van der Waals surface area (Å²) in [5, 5.41) is 5.38. The molecule has 0 bridgehead atoms. The molecule has 0 spiro atoms. The summed E-state index contributed by atoms with van der Waals surface area (Å²) in [6, 6.07) is 8.05. The molecule has 4 heteroatoms. The summed E-state index contributed by atoms with van der Waals surface area (Å²) < 4.78 is 5.33. The van der Waals surface area contributed by atoms with Gasteiger partial charge in [-0.1, -0.05) is 12.1 Å². The maximum Gasteiger partial charge on any atom is 0.134 e. The largest absolute Gasteiger partial charge is 0.496 e. The molecular weight excluding hydrogens is 236 g/mol. The number of nitrogens with zero attached hydrogens (tertiary/aromatic N) is 1. The first-order valence-corrected chi connectivity index (χ1v) is 6.04. The van der Waals surface area contributed by atoms with Crippen molar-refractivity contribution in [2.45, 2.75) is 13.0 Å². The standard InChI is InChI=1S/C13H15ClN2O/c1-9(8-14)16-13-11-4-3-5-12(17-2)10(11)6-7-15-13/h3-7,9H,8H2,1-2H3,(H,15,16). The molecule has 17 heavy (non-hydrogen) atoms. The lowest BCUT2D eigenvalue weighted by molar-refractivity contribution is 0.420. The van der Waals surface area contributed by atoms with E-state index in [4.69, 9.17) is 16.3 Å². The molecule has 1 heterocycles. The second kappa shape index (κ2) is 5.23. The molecule has 90 valence electrons. The molecule has 0 saturated heterocycles. The SMILES string of the molecule is COc1cccc2c(NC(C)CCl)nccc12. The zero-order valence-electron chi connectivity index (χ0n) is 9.90. The lowest BCUT2D eigenvalue weighted by Gasteiger charge is -2.14. The first-order valence-electron chi connectivity index (χ1n) is 5.50. The van der Waals surface area contributed by atoms with Gasteiger partial charge in [0.1, 0.15) is 11.6 Å². The van der Waals surface area contributed by atoms with Crippen LogP contribution in [-0.4, -0.2) is 24.0 Å². The molecule has 2 rings (SSSR count). The number of pyridine rings is 1. The number of ether oxygens (including phenoxy) is 1. The molecule has 0 aliphatic carbocycles. The van der Waals surface area contributed by atoms with Crippen molar-refractivity contribution in [3.63, 3.8) is 0 Å². The Labute approximate surface area is 106 Å². The number of benzene rings is 1. The third-order valence-electron chi connectivity index (χ3n) is 2.60.